The summed E-state index contributed by atoms with van der Waals surface area (Å²) >= 11 is 0. The number of fused-ring (bicyclic) bond motifs is 2. The maximum Gasteiger partial charge on any atom is 0.336 e. The largest absolute Gasteiger partial charge is 0.336 e. The lowest BCUT2D eigenvalue weighted by molar-refractivity contribution is 0.124. The molecule has 2 amide bonds. The number of carbonyl (C=O) groups excluding carboxylic acids is 1. The lowest BCUT2D eigenvalue weighted by Gasteiger charge is -2.44. The van der Waals surface area contributed by atoms with Crippen molar-refractivity contribution >= 4 is 22.5 Å². The van der Waals surface area contributed by atoms with Gasteiger partial charge in [-0.25, -0.2) is 10.2 Å². The summed E-state index contributed by atoms with van der Waals surface area (Å²) in [5, 5.41) is 1.34. The second kappa shape index (κ2) is 8.46. The Hall–Kier alpha value is -2.27. The molecule has 1 N–H and O–H groups in total. The van der Waals surface area contributed by atoms with Crippen molar-refractivity contribution in [3.8, 4) is 0 Å². The number of amides is 2. The zero-order chi connectivity index (χ0) is 21.4. The predicted molar refractivity (Wildman–Crippen MR) is 126 cm³/mol. The molecule has 2 aromatic rings. The summed E-state index contributed by atoms with van der Waals surface area (Å²) in [6.07, 6.45) is 4.74. The van der Waals surface area contributed by atoms with Crippen molar-refractivity contribution < 1.29 is 4.79 Å². The first-order chi connectivity index (χ1) is 14.5. The molecule has 5 heteroatoms. The average molecular weight is 409 g/mol. The molecule has 1 saturated heterocycles. The molecule has 1 fully saturated rings. The van der Waals surface area contributed by atoms with E-state index in [1.54, 1.807) is 0 Å². The number of nitrogens with one attached hydrogen (secondary N) is 1. The van der Waals surface area contributed by atoms with Crippen LogP contribution in [0, 0.1) is 0 Å². The van der Waals surface area contributed by atoms with E-state index in [2.05, 4.69) is 49.0 Å². The molecule has 0 spiro atoms. The van der Waals surface area contributed by atoms with E-state index in [0.717, 1.165) is 29.7 Å². The van der Waals surface area contributed by atoms with E-state index in [0.29, 0.717) is 25.0 Å². The summed E-state index contributed by atoms with van der Waals surface area (Å²) in [5.74, 6) is 0.578. The molecular formula is C25H36N4O. The summed E-state index contributed by atoms with van der Waals surface area (Å²) in [5.41, 5.74) is 9.20. The van der Waals surface area contributed by atoms with Gasteiger partial charge < -0.3 is 4.90 Å². The van der Waals surface area contributed by atoms with Crippen LogP contribution in [0.25, 0.3) is 16.5 Å². The van der Waals surface area contributed by atoms with Crippen LogP contribution in [0.5, 0.6) is 0 Å². The molecule has 1 aromatic carbocycles. The van der Waals surface area contributed by atoms with Gasteiger partial charge in [0.1, 0.15) is 0 Å². The molecule has 2 heterocycles. The first-order valence-electron chi connectivity index (χ1n) is 11.6. The minimum atomic E-state index is -0.0550. The molecule has 1 aliphatic carbocycles. The van der Waals surface area contributed by atoms with Gasteiger partial charge in [0.15, 0.2) is 0 Å². The van der Waals surface area contributed by atoms with E-state index < -0.39 is 0 Å². The molecule has 2 aliphatic rings. The smallest absolute Gasteiger partial charge is 0.324 e. The molecule has 162 valence electrons. The molecule has 2 atom stereocenters. The molecule has 1 aliphatic heterocycles. The number of rotatable bonds is 6. The Bertz CT molecular complexity index is 954. The summed E-state index contributed by atoms with van der Waals surface area (Å²) in [7, 11) is 0. The standard InChI is InChI=1S/C25H36N4O/c1-6-14-28-15-10-12-18-19-11-9-13-21-23(19)20(16-22(18)28)24(17(4)5)29(21)26-25(30)27(7-2)8-3/h9,11,13,18,22H,4,6-8,10,12,14-16H2,1-3,5H3,(H,26,30)/t18-,22-/m1/s1. The Morgan fingerprint density at radius 3 is 2.70 bits per heavy atom. The van der Waals surface area contributed by atoms with Crippen molar-refractivity contribution in [3.05, 3.63) is 41.6 Å². The zero-order valence-electron chi connectivity index (χ0n) is 19.0. The SMILES string of the molecule is C=C(C)c1c2c3c(cccc3n1NC(=O)N(CC)CC)[C@H]1CCCN(CCC)[C@@H]1C2. The number of urea groups is 1. The Balaban J connectivity index is 1.86. The maximum atomic E-state index is 12.9. The number of nitrogens with zero attached hydrogens (tertiary/aromatic N) is 3. The highest BCUT2D eigenvalue weighted by atomic mass is 16.2. The van der Waals surface area contributed by atoms with E-state index in [-0.39, 0.29) is 6.03 Å². The Kier molecular flexibility index (Phi) is 5.92. The van der Waals surface area contributed by atoms with Crippen LogP contribution in [-0.4, -0.2) is 52.7 Å². The van der Waals surface area contributed by atoms with E-state index >= 15 is 0 Å². The fourth-order valence-corrected chi connectivity index (χ4v) is 5.73. The second-order valence-corrected chi connectivity index (χ2v) is 8.83. The number of piperidine rings is 1. The monoisotopic (exact) mass is 408 g/mol. The van der Waals surface area contributed by atoms with Crippen LogP contribution >= 0.6 is 0 Å². The van der Waals surface area contributed by atoms with Crippen LogP contribution < -0.4 is 5.43 Å². The van der Waals surface area contributed by atoms with Gasteiger partial charge in [-0.15, -0.1) is 0 Å². The fraction of sp³-hybridized carbons (Fsp3) is 0.560. The van der Waals surface area contributed by atoms with Crippen LogP contribution in [0.1, 0.15) is 69.7 Å². The Labute approximate surface area is 180 Å². The van der Waals surface area contributed by atoms with E-state index in [1.807, 2.05) is 23.4 Å². The molecule has 0 bridgehead atoms. The maximum absolute atomic E-state index is 12.9. The lowest BCUT2D eigenvalue weighted by atomic mass is 9.74. The molecule has 4 rings (SSSR count). The molecule has 5 nitrogen and oxygen atoms in total. The summed E-state index contributed by atoms with van der Waals surface area (Å²) in [6.45, 7) is 16.4. The van der Waals surface area contributed by atoms with Gasteiger partial charge in [0.25, 0.3) is 0 Å². The average Bonchev–Trinajstić information content (AvgIpc) is 3.04. The van der Waals surface area contributed by atoms with Gasteiger partial charge >= 0.3 is 6.03 Å². The molecule has 30 heavy (non-hydrogen) atoms. The van der Waals surface area contributed by atoms with Crippen LogP contribution in [0.3, 0.4) is 0 Å². The van der Waals surface area contributed by atoms with Crippen LogP contribution in [0.4, 0.5) is 4.79 Å². The van der Waals surface area contributed by atoms with Crippen LogP contribution in [0.2, 0.25) is 0 Å². The van der Waals surface area contributed by atoms with Crippen molar-refractivity contribution in [1.29, 1.82) is 0 Å². The van der Waals surface area contributed by atoms with Crippen molar-refractivity contribution in [2.45, 2.75) is 65.3 Å². The third-order valence-corrected chi connectivity index (χ3v) is 7.01. The zero-order valence-corrected chi connectivity index (χ0v) is 19.0. The highest BCUT2D eigenvalue weighted by Gasteiger charge is 2.39. The molecule has 0 unspecified atom stereocenters. The summed E-state index contributed by atoms with van der Waals surface area (Å²) < 4.78 is 2.01. The highest BCUT2D eigenvalue weighted by Crippen LogP contribution is 2.46. The van der Waals surface area contributed by atoms with Gasteiger partial charge in [-0.3, -0.25) is 9.58 Å². The predicted octanol–water partition coefficient (Wildman–Crippen LogP) is 5.19. The quantitative estimate of drug-likeness (QED) is 0.714. The number of likely N-dealkylation sites (tertiary alicyclic amines) is 1. The van der Waals surface area contributed by atoms with Gasteiger partial charge in [0.05, 0.1) is 11.2 Å². The fourth-order valence-electron chi connectivity index (χ4n) is 5.73. The van der Waals surface area contributed by atoms with Crippen molar-refractivity contribution in [2.75, 3.05) is 31.6 Å². The first kappa shape index (κ1) is 21.0. The Morgan fingerprint density at radius 1 is 1.27 bits per heavy atom. The van der Waals surface area contributed by atoms with Gasteiger partial charge in [0.2, 0.25) is 0 Å². The number of allylic oxidation sites excluding steroid dienone is 1. The van der Waals surface area contributed by atoms with E-state index in [9.17, 15) is 4.79 Å². The summed E-state index contributed by atoms with van der Waals surface area (Å²) in [4.78, 5) is 17.5. The van der Waals surface area contributed by atoms with Crippen molar-refractivity contribution in [2.24, 2.45) is 0 Å². The van der Waals surface area contributed by atoms with Gasteiger partial charge in [-0.1, -0.05) is 25.6 Å². The number of hydrogen-bond donors (Lipinski definition) is 1. The van der Waals surface area contributed by atoms with E-state index in [1.165, 1.54) is 42.3 Å². The number of carbonyl (C=O) groups is 1. The topological polar surface area (TPSA) is 40.5 Å². The number of benzene rings is 1. The summed E-state index contributed by atoms with van der Waals surface area (Å²) in [6, 6.07) is 7.11. The minimum absolute atomic E-state index is 0.0550. The van der Waals surface area contributed by atoms with Gasteiger partial charge in [-0.2, -0.15) is 0 Å². The van der Waals surface area contributed by atoms with Crippen LogP contribution in [0.15, 0.2) is 24.8 Å². The van der Waals surface area contributed by atoms with Crippen LogP contribution in [-0.2, 0) is 6.42 Å². The van der Waals surface area contributed by atoms with Crippen molar-refractivity contribution in [3.63, 3.8) is 0 Å². The second-order valence-electron chi connectivity index (χ2n) is 8.83. The number of aromatic nitrogens is 1. The Morgan fingerprint density at radius 2 is 2.03 bits per heavy atom. The van der Waals surface area contributed by atoms with Gasteiger partial charge in [0, 0.05) is 30.4 Å². The van der Waals surface area contributed by atoms with Crippen molar-refractivity contribution in [1.82, 2.24) is 14.5 Å². The highest BCUT2D eigenvalue weighted by molar-refractivity contribution is 5.96. The lowest BCUT2D eigenvalue weighted by Crippen LogP contribution is -2.47. The third kappa shape index (κ3) is 3.33. The first-order valence-corrected chi connectivity index (χ1v) is 11.6. The van der Waals surface area contributed by atoms with E-state index in [4.69, 9.17) is 0 Å². The molecule has 0 saturated carbocycles. The molecule has 0 radical (unpaired) electrons. The molecule has 1 aromatic heterocycles. The minimum Gasteiger partial charge on any atom is -0.324 e. The third-order valence-electron chi connectivity index (χ3n) is 7.01. The van der Waals surface area contributed by atoms with Gasteiger partial charge in [-0.05, 0) is 82.3 Å². The molecular weight excluding hydrogens is 372 g/mol. The normalized spacial score (nSPS) is 20.8. The number of hydrogen-bond acceptors (Lipinski definition) is 2.